The summed E-state index contributed by atoms with van der Waals surface area (Å²) in [6.45, 7) is 9.48. The number of carbonyl (C=O) groups excluding carboxylic acids is 1. The standard InChI is InChI=1S/C19H27ClN2O3/c1-13-10-22(11-14(2)25-13)19(23)15(3)21-8-9-24-18(12-21)16-4-6-17(20)7-5-16/h4-7,13-15,18H,8-12H2,1-3H3/t13-,14+,15-,18+/m1/s1. The number of ether oxygens (including phenoxy) is 2. The lowest BCUT2D eigenvalue weighted by atomic mass is 10.1. The van der Waals surface area contributed by atoms with E-state index in [1.807, 2.05) is 49.9 Å². The molecule has 2 heterocycles. The third-order valence-corrected chi connectivity index (χ3v) is 5.23. The fraction of sp³-hybridized carbons (Fsp3) is 0.632. The number of morpholine rings is 2. The maximum atomic E-state index is 12.9. The van der Waals surface area contributed by atoms with E-state index in [2.05, 4.69) is 4.90 Å². The van der Waals surface area contributed by atoms with Gasteiger partial charge < -0.3 is 14.4 Å². The molecular formula is C19H27ClN2O3. The zero-order chi connectivity index (χ0) is 18.0. The van der Waals surface area contributed by atoms with E-state index in [0.29, 0.717) is 26.2 Å². The molecule has 0 unspecified atom stereocenters. The summed E-state index contributed by atoms with van der Waals surface area (Å²) in [6.07, 6.45) is 0.154. The van der Waals surface area contributed by atoms with Crippen LogP contribution in [0.1, 0.15) is 32.4 Å². The largest absolute Gasteiger partial charge is 0.372 e. The van der Waals surface area contributed by atoms with Crippen molar-refractivity contribution in [1.82, 2.24) is 9.80 Å². The molecule has 0 aromatic heterocycles. The number of amides is 1. The van der Waals surface area contributed by atoms with E-state index in [4.69, 9.17) is 21.1 Å². The van der Waals surface area contributed by atoms with Gasteiger partial charge in [-0.25, -0.2) is 0 Å². The van der Waals surface area contributed by atoms with Crippen LogP contribution in [-0.4, -0.2) is 66.7 Å². The second kappa shape index (κ2) is 8.04. The number of hydrogen-bond acceptors (Lipinski definition) is 4. The van der Waals surface area contributed by atoms with Crippen molar-refractivity contribution in [3.8, 4) is 0 Å². The third-order valence-electron chi connectivity index (χ3n) is 4.98. The van der Waals surface area contributed by atoms with Gasteiger partial charge >= 0.3 is 0 Å². The number of halogens is 1. The molecule has 0 saturated carbocycles. The van der Waals surface area contributed by atoms with E-state index in [1.165, 1.54) is 0 Å². The summed E-state index contributed by atoms with van der Waals surface area (Å²) in [6, 6.07) is 7.59. The molecule has 2 fully saturated rings. The Hall–Kier alpha value is -1.14. The number of hydrogen-bond donors (Lipinski definition) is 0. The van der Waals surface area contributed by atoms with Crippen LogP contribution in [0.15, 0.2) is 24.3 Å². The Morgan fingerprint density at radius 3 is 2.44 bits per heavy atom. The maximum Gasteiger partial charge on any atom is 0.239 e. The van der Waals surface area contributed by atoms with Crippen LogP contribution in [0.25, 0.3) is 0 Å². The van der Waals surface area contributed by atoms with E-state index >= 15 is 0 Å². The quantitative estimate of drug-likeness (QED) is 0.825. The van der Waals surface area contributed by atoms with Crippen LogP contribution in [0, 0.1) is 0 Å². The van der Waals surface area contributed by atoms with Crippen molar-refractivity contribution >= 4 is 17.5 Å². The molecule has 138 valence electrons. The molecule has 6 heteroatoms. The monoisotopic (exact) mass is 366 g/mol. The topological polar surface area (TPSA) is 42.0 Å². The van der Waals surface area contributed by atoms with Crippen molar-refractivity contribution in [1.29, 1.82) is 0 Å². The highest BCUT2D eigenvalue weighted by atomic mass is 35.5. The number of benzene rings is 1. The molecule has 2 aliphatic heterocycles. The molecule has 5 nitrogen and oxygen atoms in total. The first kappa shape index (κ1) is 18.6. The molecule has 0 radical (unpaired) electrons. The number of rotatable bonds is 3. The highest BCUT2D eigenvalue weighted by Crippen LogP contribution is 2.25. The number of nitrogens with zero attached hydrogens (tertiary/aromatic N) is 2. The predicted octanol–water partition coefficient (Wildman–Crippen LogP) is 2.74. The average Bonchev–Trinajstić information content (AvgIpc) is 2.60. The van der Waals surface area contributed by atoms with Crippen LogP contribution >= 0.6 is 11.6 Å². The molecule has 25 heavy (non-hydrogen) atoms. The minimum Gasteiger partial charge on any atom is -0.372 e. The second-order valence-corrected chi connectivity index (χ2v) is 7.52. The van der Waals surface area contributed by atoms with Gasteiger partial charge in [-0.05, 0) is 38.5 Å². The van der Waals surface area contributed by atoms with Gasteiger partial charge in [0.15, 0.2) is 0 Å². The first-order valence-corrected chi connectivity index (χ1v) is 9.37. The summed E-state index contributed by atoms with van der Waals surface area (Å²) in [4.78, 5) is 17.1. The van der Waals surface area contributed by atoms with Crippen LogP contribution in [0.5, 0.6) is 0 Å². The molecule has 0 N–H and O–H groups in total. The van der Waals surface area contributed by atoms with Gasteiger partial charge in [0.05, 0.1) is 31.0 Å². The lowest BCUT2D eigenvalue weighted by molar-refractivity contribution is -0.151. The average molecular weight is 367 g/mol. The molecule has 4 atom stereocenters. The normalized spacial score (nSPS) is 29.4. The van der Waals surface area contributed by atoms with E-state index < -0.39 is 0 Å². The lowest BCUT2D eigenvalue weighted by Gasteiger charge is -2.41. The van der Waals surface area contributed by atoms with Gasteiger partial charge in [-0.3, -0.25) is 9.69 Å². The molecule has 2 saturated heterocycles. The summed E-state index contributed by atoms with van der Waals surface area (Å²) in [5.41, 5.74) is 1.10. The molecule has 3 rings (SSSR count). The van der Waals surface area contributed by atoms with Gasteiger partial charge in [-0.15, -0.1) is 0 Å². The summed E-state index contributed by atoms with van der Waals surface area (Å²) < 4.78 is 11.7. The smallest absolute Gasteiger partial charge is 0.239 e. The predicted molar refractivity (Wildman–Crippen MR) is 97.8 cm³/mol. The van der Waals surface area contributed by atoms with Crippen LogP contribution in [0.4, 0.5) is 0 Å². The van der Waals surface area contributed by atoms with Crippen molar-refractivity contribution in [2.75, 3.05) is 32.8 Å². The van der Waals surface area contributed by atoms with Gasteiger partial charge in [0.2, 0.25) is 5.91 Å². The SMILES string of the molecule is C[C@@H]1CN(C(=O)[C@@H](C)N2CCO[C@H](c3ccc(Cl)cc3)C2)C[C@H](C)O1. The van der Waals surface area contributed by atoms with Crippen molar-refractivity contribution in [3.63, 3.8) is 0 Å². The van der Waals surface area contributed by atoms with Crippen molar-refractivity contribution in [3.05, 3.63) is 34.9 Å². The van der Waals surface area contributed by atoms with Crippen LogP contribution in [-0.2, 0) is 14.3 Å². The minimum atomic E-state index is -0.156. The zero-order valence-corrected chi connectivity index (χ0v) is 15.9. The molecule has 1 amide bonds. The van der Waals surface area contributed by atoms with Gasteiger partial charge in [-0.2, -0.15) is 0 Å². The van der Waals surface area contributed by atoms with Crippen molar-refractivity contribution in [2.24, 2.45) is 0 Å². The minimum absolute atomic E-state index is 0.0243. The Bertz CT molecular complexity index is 585. The highest BCUT2D eigenvalue weighted by Gasteiger charge is 2.33. The Kier molecular flexibility index (Phi) is 6.00. The Morgan fingerprint density at radius 1 is 1.16 bits per heavy atom. The van der Waals surface area contributed by atoms with E-state index in [9.17, 15) is 4.79 Å². The summed E-state index contributed by atoms with van der Waals surface area (Å²) in [7, 11) is 0. The van der Waals surface area contributed by atoms with E-state index in [-0.39, 0.29) is 30.3 Å². The lowest BCUT2D eigenvalue weighted by Crippen LogP contribution is -2.56. The molecule has 1 aromatic rings. The van der Waals surface area contributed by atoms with E-state index in [0.717, 1.165) is 17.1 Å². The molecule has 0 bridgehead atoms. The highest BCUT2D eigenvalue weighted by molar-refractivity contribution is 6.30. The van der Waals surface area contributed by atoms with Crippen molar-refractivity contribution < 1.29 is 14.3 Å². The van der Waals surface area contributed by atoms with Crippen LogP contribution < -0.4 is 0 Å². The van der Waals surface area contributed by atoms with Gasteiger partial charge in [-0.1, -0.05) is 23.7 Å². The Labute approximate surface area is 154 Å². The van der Waals surface area contributed by atoms with Gasteiger partial charge in [0, 0.05) is 31.2 Å². The summed E-state index contributed by atoms with van der Waals surface area (Å²) in [5.74, 6) is 0.179. The fourth-order valence-corrected chi connectivity index (χ4v) is 3.80. The van der Waals surface area contributed by atoms with Crippen LogP contribution in [0.3, 0.4) is 0 Å². The first-order valence-electron chi connectivity index (χ1n) is 8.99. The van der Waals surface area contributed by atoms with Crippen molar-refractivity contribution in [2.45, 2.75) is 45.1 Å². The molecule has 0 spiro atoms. The molecule has 2 aliphatic rings. The Morgan fingerprint density at radius 2 is 1.80 bits per heavy atom. The second-order valence-electron chi connectivity index (χ2n) is 7.08. The maximum absolute atomic E-state index is 12.9. The summed E-state index contributed by atoms with van der Waals surface area (Å²) in [5, 5.41) is 0.718. The van der Waals surface area contributed by atoms with Crippen LogP contribution in [0.2, 0.25) is 5.02 Å². The Balaban J connectivity index is 1.64. The summed E-state index contributed by atoms with van der Waals surface area (Å²) >= 11 is 5.97. The third kappa shape index (κ3) is 4.53. The van der Waals surface area contributed by atoms with Gasteiger partial charge in [0.1, 0.15) is 0 Å². The zero-order valence-electron chi connectivity index (χ0n) is 15.2. The number of carbonyl (C=O) groups is 1. The molecule has 0 aliphatic carbocycles. The molecule has 1 aromatic carbocycles. The first-order chi connectivity index (χ1) is 11.9. The van der Waals surface area contributed by atoms with Gasteiger partial charge in [0.25, 0.3) is 0 Å². The van der Waals surface area contributed by atoms with E-state index in [1.54, 1.807) is 0 Å². The fourth-order valence-electron chi connectivity index (χ4n) is 3.68. The molecular weight excluding hydrogens is 340 g/mol.